The largest absolute Gasteiger partial charge is 0.179 e. The standard InChI is InChI=1S/Cl3P.Na/c1-4(2)3;. The number of halogens is 3. The van der Waals surface area contributed by atoms with E-state index in [1.165, 1.54) is 0 Å². The van der Waals surface area contributed by atoms with Gasteiger partial charge in [0.15, 0.2) is 5.98 Å². The van der Waals surface area contributed by atoms with Gasteiger partial charge in [0.05, 0.1) is 0 Å². The van der Waals surface area contributed by atoms with Crippen LogP contribution in [0.3, 0.4) is 0 Å². The van der Waals surface area contributed by atoms with E-state index in [1.807, 2.05) is 0 Å². The zero-order valence-corrected chi connectivity index (χ0v) is 7.74. The van der Waals surface area contributed by atoms with Crippen molar-refractivity contribution in [3.63, 3.8) is 0 Å². The van der Waals surface area contributed by atoms with Gasteiger partial charge in [-0.15, -0.1) is 0 Å². The van der Waals surface area contributed by atoms with Crippen LogP contribution in [0.25, 0.3) is 0 Å². The second kappa shape index (κ2) is 6.30. The first-order valence-electron chi connectivity index (χ1n) is 0.507. The molecule has 0 aromatic heterocycles. The van der Waals surface area contributed by atoms with Gasteiger partial charge in [0.25, 0.3) is 0 Å². The molecule has 1 radical (unpaired) electrons. The zero-order valence-electron chi connectivity index (χ0n) is 2.58. The molecule has 5 heteroatoms. The molecule has 0 atom stereocenters. The molecule has 0 aromatic carbocycles. The predicted molar refractivity (Wildman–Crippen MR) is 30.2 cm³/mol. The minimum absolute atomic E-state index is 0. The van der Waals surface area contributed by atoms with Crippen LogP contribution >= 0.6 is 39.7 Å². The van der Waals surface area contributed by atoms with Gasteiger partial charge >= 0.3 is 0 Å². The minimum atomic E-state index is -1.20. The first-order valence-corrected chi connectivity index (χ1v) is 4.56. The molecule has 0 aliphatic carbocycles. The Morgan fingerprint density at radius 3 is 1.00 bits per heavy atom. The van der Waals surface area contributed by atoms with Crippen LogP contribution in [0.5, 0.6) is 0 Å². The summed E-state index contributed by atoms with van der Waals surface area (Å²) >= 11 is 14.6. The van der Waals surface area contributed by atoms with E-state index in [0.717, 1.165) is 0 Å². The van der Waals surface area contributed by atoms with Crippen LogP contribution in [0.1, 0.15) is 0 Å². The SMILES string of the molecule is ClP(Cl)Cl.[Na]. The van der Waals surface area contributed by atoms with E-state index >= 15 is 0 Å². The Morgan fingerprint density at radius 2 is 1.00 bits per heavy atom. The van der Waals surface area contributed by atoms with Crippen molar-refractivity contribution in [3.05, 3.63) is 0 Å². The molecular formula is Cl3NaP. The molecular weight excluding hydrogens is 160 g/mol. The van der Waals surface area contributed by atoms with E-state index in [1.54, 1.807) is 0 Å². The van der Waals surface area contributed by atoms with Crippen LogP contribution in [-0.4, -0.2) is 29.6 Å². The maximum absolute atomic E-state index is 4.87. The molecule has 0 N–H and O–H groups in total. The Morgan fingerprint density at radius 1 is 1.00 bits per heavy atom. The monoisotopic (exact) mass is 159 g/mol. The van der Waals surface area contributed by atoms with Gasteiger partial charge in [-0.3, -0.25) is 0 Å². The van der Waals surface area contributed by atoms with E-state index in [9.17, 15) is 0 Å². The quantitative estimate of drug-likeness (QED) is 0.377. The third-order valence-corrected chi connectivity index (χ3v) is 0. The summed E-state index contributed by atoms with van der Waals surface area (Å²) in [6.45, 7) is 0. The molecule has 27 valence electrons. The fourth-order valence-electron chi connectivity index (χ4n) is 0. The molecule has 0 saturated heterocycles. The maximum atomic E-state index is 4.87. The summed E-state index contributed by atoms with van der Waals surface area (Å²) < 4.78 is 0. The first-order chi connectivity index (χ1) is 1.73. The van der Waals surface area contributed by atoms with Crippen molar-refractivity contribution in [2.75, 3.05) is 0 Å². The topological polar surface area (TPSA) is 0 Å². The normalized spacial score (nSPS) is 7.20. The van der Waals surface area contributed by atoms with Gasteiger partial charge in [-0.1, -0.05) is 33.7 Å². The van der Waals surface area contributed by atoms with Gasteiger partial charge in [0.2, 0.25) is 0 Å². The fourth-order valence-corrected chi connectivity index (χ4v) is 0. The summed E-state index contributed by atoms with van der Waals surface area (Å²) in [5, 5.41) is 0. The average Bonchev–Trinajstić information content (AvgIpc) is 0.811. The second-order valence-electron chi connectivity index (χ2n) is 0.192. The first kappa shape index (κ1) is 10.3. The van der Waals surface area contributed by atoms with Crippen molar-refractivity contribution in [3.8, 4) is 0 Å². The molecule has 0 fully saturated rings. The van der Waals surface area contributed by atoms with Crippen molar-refractivity contribution < 1.29 is 0 Å². The van der Waals surface area contributed by atoms with Crippen LogP contribution in [0.15, 0.2) is 0 Å². The number of rotatable bonds is 0. The molecule has 0 aromatic rings. The van der Waals surface area contributed by atoms with E-state index in [0.29, 0.717) is 0 Å². The summed E-state index contributed by atoms with van der Waals surface area (Å²) in [6, 6.07) is 0. The Balaban J connectivity index is 0. The molecule has 5 heavy (non-hydrogen) atoms. The van der Waals surface area contributed by atoms with Crippen molar-refractivity contribution in [1.29, 1.82) is 0 Å². The molecule has 0 unspecified atom stereocenters. The Labute approximate surface area is 68.6 Å². The van der Waals surface area contributed by atoms with E-state index in [2.05, 4.69) is 0 Å². The number of hydrogen-bond acceptors (Lipinski definition) is 0. The van der Waals surface area contributed by atoms with Crippen molar-refractivity contribution >= 4 is 69.3 Å². The molecule has 0 aliphatic heterocycles. The van der Waals surface area contributed by atoms with Crippen LogP contribution < -0.4 is 0 Å². The van der Waals surface area contributed by atoms with Crippen LogP contribution in [0, 0.1) is 0 Å². The number of hydrogen-bond donors (Lipinski definition) is 0. The molecule has 0 bridgehead atoms. The van der Waals surface area contributed by atoms with Crippen LogP contribution in [-0.2, 0) is 0 Å². The minimum Gasteiger partial charge on any atom is -0.0596 e. The van der Waals surface area contributed by atoms with Gasteiger partial charge in [-0.25, -0.2) is 0 Å². The van der Waals surface area contributed by atoms with E-state index in [4.69, 9.17) is 33.7 Å². The van der Waals surface area contributed by atoms with Gasteiger partial charge in [-0.2, -0.15) is 0 Å². The Kier molecular flexibility index (Phi) is 13.0. The van der Waals surface area contributed by atoms with Crippen molar-refractivity contribution in [1.82, 2.24) is 0 Å². The second-order valence-corrected chi connectivity index (χ2v) is 5.17. The molecule has 0 rings (SSSR count). The zero-order chi connectivity index (χ0) is 3.58. The van der Waals surface area contributed by atoms with E-state index < -0.39 is 5.98 Å². The van der Waals surface area contributed by atoms with Gasteiger partial charge in [0.1, 0.15) is 0 Å². The van der Waals surface area contributed by atoms with Crippen LogP contribution in [0.2, 0.25) is 0 Å². The van der Waals surface area contributed by atoms with Crippen molar-refractivity contribution in [2.24, 2.45) is 0 Å². The van der Waals surface area contributed by atoms with Crippen LogP contribution in [0.4, 0.5) is 0 Å². The van der Waals surface area contributed by atoms with Gasteiger partial charge in [0, 0.05) is 29.6 Å². The molecule has 0 aliphatic rings. The van der Waals surface area contributed by atoms with E-state index in [-0.39, 0.29) is 29.6 Å². The Bertz CT molecular complexity index is 11.6. The third kappa shape index (κ3) is 22.0. The summed E-state index contributed by atoms with van der Waals surface area (Å²) in [7, 11) is 0. The molecule has 0 spiro atoms. The molecule has 0 amide bonds. The fraction of sp³-hybridized carbons (Fsp3) is 0. The molecule has 0 saturated carbocycles. The third-order valence-electron chi connectivity index (χ3n) is 0. The summed E-state index contributed by atoms with van der Waals surface area (Å²) in [5.74, 6) is -1.20. The summed E-state index contributed by atoms with van der Waals surface area (Å²) in [6.07, 6.45) is 0. The average molecular weight is 160 g/mol. The maximum Gasteiger partial charge on any atom is 0.179 e. The molecule has 0 nitrogen and oxygen atoms in total. The summed E-state index contributed by atoms with van der Waals surface area (Å²) in [4.78, 5) is 0. The van der Waals surface area contributed by atoms with Gasteiger partial charge in [-0.05, 0) is 0 Å². The smallest absolute Gasteiger partial charge is 0.0596 e. The Hall–Kier alpha value is 2.30. The summed E-state index contributed by atoms with van der Waals surface area (Å²) in [5.41, 5.74) is 0. The predicted octanol–water partition coefficient (Wildman–Crippen LogP) is 2.55. The molecule has 0 heterocycles. The van der Waals surface area contributed by atoms with Crippen molar-refractivity contribution in [2.45, 2.75) is 0 Å². The van der Waals surface area contributed by atoms with Gasteiger partial charge < -0.3 is 0 Å².